The quantitative estimate of drug-likeness (QED) is 0.766. The van der Waals surface area contributed by atoms with Gasteiger partial charge in [-0.15, -0.1) is 24.8 Å². The lowest BCUT2D eigenvalue weighted by atomic mass is 10.2. The first-order valence-corrected chi connectivity index (χ1v) is 8.03. The minimum Gasteiger partial charge on any atom is -0.492 e. The predicted molar refractivity (Wildman–Crippen MR) is 104 cm³/mol. The summed E-state index contributed by atoms with van der Waals surface area (Å²) in [6, 6.07) is 7.34. The molecule has 1 aromatic carbocycles. The van der Waals surface area contributed by atoms with E-state index in [-0.39, 0.29) is 36.8 Å². The van der Waals surface area contributed by atoms with Gasteiger partial charge in [0.15, 0.2) is 0 Å². The van der Waals surface area contributed by atoms with Crippen molar-refractivity contribution >= 4 is 36.4 Å². The SMILES string of the molecule is CC(N)CC(=O)Nc1ccc(OCCN2CCC(C)C2)cc1.Cl.Cl. The summed E-state index contributed by atoms with van der Waals surface area (Å²) < 4.78 is 5.75. The molecule has 5 nitrogen and oxygen atoms in total. The van der Waals surface area contributed by atoms with E-state index in [2.05, 4.69) is 17.1 Å². The Hall–Kier alpha value is -1.01. The van der Waals surface area contributed by atoms with Crippen molar-refractivity contribution in [2.45, 2.75) is 32.7 Å². The van der Waals surface area contributed by atoms with Crippen LogP contribution in [0.15, 0.2) is 24.3 Å². The fourth-order valence-corrected chi connectivity index (χ4v) is 2.66. The molecule has 3 N–H and O–H groups in total. The van der Waals surface area contributed by atoms with Crippen molar-refractivity contribution < 1.29 is 9.53 Å². The number of nitrogens with zero attached hydrogens (tertiary/aromatic N) is 1. The van der Waals surface area contributed by atoms with Gasteiger partial charge < -0.3 is 15.8 Å². The van der Waals surface area contributed by atoms with Crippen LogP contribution in [0.25, 0.3) is 0 Å². The van der Waals surface area contributed by atoms with E-state index in [9.17, 15) is 4.79 Å². The number of hydrogen-bond donors (Lipinski definition) is 2. The molecule has 138 valence electrons. The minimum absolute atomic E-state index is 0. The topological polar surface area (TPSA) is 67.6 Å². The number of amides is 1. The summed E-state index contributed by atoms with van der Waals surface area (Å²) in [4.78, 5) is 14.1. The molecule has 1 amide bonds. The van der Waals surface area contributed by atoms with Gasteiger partial charge in [0.1, 0.15) is 12.4 Å². The molecule has 0 saturated carbocycles. The highest BCUT2D eigenvalue weighted by Crippen LogP contribution is 2.17. The van der Waals surface area contributed by atoms with Gasteiger partial charge in [-0.1, -0.05) is 6.92 Å². The first kappa shape index (κ1) is 23.0. The Morgan fingerprint density at radius 1 is 1.38 bits per heavy atom. The zero-order chi connectivity index (χ0) is 15.9. The molecule has 0 bridgehead atoms. The molecule has 1 fully saturated rings. The normalized spacial score (nSPS) is 18.2. The van der Waals surface area contributed by atoms with E-state index in [0.29, 0.717) is 13.0 Å². The highest BCUT2D eigenvalue weighted by atomic mass is 35.5. The molecule has 1 aliphatic rings. The van der Waals surface area contributed by atoms with Crippen LogP contribution in [0.4, 0.5) is 5.69 Å². The Labute approximate surface area is 157 Å². The number of hydrogen-bond acceptors (Lipinski definition) is 4. The predicted octanol–water partition coefficient (Wildman–Crippen LogP) is 2.93. The number of halogens is 2. The second-order valence-electron chi connectivity index (χ2n) is 6.30. The molecular weight excluding hydrogens is 349 g/mol. The summed E-state index contributed by atoms with van der Waals surface area (Å²) in [6.07, 6.45) is 1.61. The van der Waals surface area contributed by atoms with Crippen molar-refractivity contribution in [3.05, 3.63) is 24.3 Å². The maximum Gasteiger partial charge on any atom is 0.225 e. The van der Waals surface area contributed by atoms with E-state index < -0.39 is 0 Å². The van der Waals surface area contributed by atoms with Crippen LogP contribution >= 0.6 is 24.8 Å². The van der Waals surface area contributed by atoms with Crippen LogP contribution in [0.2, 0.25) is 0 Å². The number of carbonyl (C=O) groups is 1. The summed E-state index contributed by atoms with van der Waals surface area (Å²) in [7, 11) is 0. The second-order valence-corrected chi connectivity index (χ2v) is 6.30. The maximum absolute atomic E-state index is 11.6. The minimum atomic E-state index is -0.129. The first-order valence-electron chi connectivity index (χ1n) is 8.03. The van der Waals surface area contributed by atoms with Crippen molar-refractivity contribution in [3.8, 4) is 5.75 Å². The molecule has 0 aliphatic carbocycles. The molecular formula is C17H29Cl2N3O2. The van der Waals surface area contributed by atoms with Gasteiger partial charge in [0.25, 0.3) is 0 Å². The lowest BCUT2D eigenvalue weighted by Gasteiger charge is -2.15. The molecule has 1 aromatic rings. The van der Waals surface area contributed by atoms with E-state index >= 15 is 0 Å². The zero-order valence-corrected chi connectivity index (χ0v) is 16.0. The Morgan fingerprint density at radius 2 is 2.04 bits per heavy atom. The van der Waals surface area contributed by atoms with Gasteiger partial charge in [-0.3, -0.25) is 9.69 Å². The highest BCUT2D eigenvalue weighted by Gasteiger charge is 2.17. The summed E-state index contributed by atoms with van der Waals surface area (Å²) >= 11 is 0. The number of ether oxygens (including phenoxy) is 1. The third-order valence-corrected chi connectivity index (χ3v) is 3.83. The van der Waals surface area contributed by atoms with E-state index in [4.69, 9.17) is 10.5 Å². The fourth-order valence-electron chi connectivity index (χ4n) is 2.66. The molecule has 1 heterocycles. The van der Waals surface area contributed by atoms with Crippen LogP contribution in [-0.4, -0.2) is 43.1 Å². The molecule has 0 spiro atoms. The van der Waals surface area contributed by atoms with Crippen LogP contribution in [0.1, 0.15) is 26.7 Å². The van der Waals surface area contributed by atoms with E-state index in [1.807, 2.05) is 31.2 Å². The molecule has 7 heteroatoms. The smallest absolute Gasteiger partial charge is 0.225 e. The van der Waals surface area contributed by atoms with Crippen LogP contribution in [0.5, 0.6) is 5.75 Å². The van der Waals surface area contributed by atoms with Gasteiger partial charge in [-0.25, -0.2) is 0 Å². The number of rotatable bonds is 7. The Bertz CT molecular complexity index is 483. The molecule has 2 atom stereocenters. The lowest BCUT2D eigenvalue weighted by Crippen LogP contribution is -2.25. The number of nitrogens with one attached hydrogen (secondary N) is 1. The summed E-state index contributed by atoms with van der Waals surface area (Å²) in [5.41, 5.74) is 6.37. The average Bonchev–Trinajstić information content (AvgIpc) is 2.85. The third kappa shape index (κ3) is 8.20. The van der Waals surface area contributed by atoms with Crippen LogP contribution in [-0.2, 0) is 4.79 Å². The Morgan fingerprint density at radius 3 is 2.58 bits per heavy atom. The van der Waals surface area contributed by atoms with Crippen molar-refractivity contribution in [2.75, 3.05) is 31.6 Å². The molecule has 1 aliphatic heterocycles. The Balaban J connectivity index is 0.00000264. The van der Waals surface area contributed by atoms with Crippen LogP contribution < -0.4 is 15.8 Å². The van der Waals surface area contributed by atoms with Gasteiger partial charge in [-0.05, 0) is 50.1 Å². The van der Waals surface area contributed by atoms with E-state index in [0.717, 1.165) is 23.9 Å². The maximum atomic E-state index is 11.6. The van der Waals surface area contributed by atoms with Gasteiger partial charge in [-0.2, -0.15) is 0 Å². The van der Waals surface area contributed by atoms with Crippen LogP contribution in [0, 0.1) is 5.92 Å². The molecule has 24 heavy (non-hydrogen) atoms. The summed E-state index contributed by atoms with van der Waals surface area (Å²) in [5.74, 6) is 1.57. The fraction of sp³-hybridized carbons (Fsp3) is 0.588. The summed E-state index contributed by atoms with van der Waals surface area (Å²) in [5, 5.41) is 2.82. The molecule has 0 radical (unpaired) electrons. The number of benzene rings is 1. The van der Waals surface area contributed by atoms with Crippen molar-refractivity contribution in [3.63, 3.8) is 0 Å². The van der Waals surface area contributed by atoms with E-state index in [1.54, 1.807) is 0 Å². The highest BCUT2D eigenvalue weighted by molar-refractivity contribution is 5.91. The summed E-state index contributed by atoms with van der Waals surface area (Å²) in [6.45, 7) is 8.13. The molecule has 2 unspecified atom stereocenters. The number of carbonyl (C=O) groups excluding carboxylic acids is 1. The number of anilines is 1. The van der Waals surface area contributed by atoms with Gasteiger partial charge >= 0.3 is 0 Å². The van der Waals surface area contributed by atoms with Crippen molar-refractivity contribution in [1.29, 1.82) is 0 Å². The van der Waals surface area contributed by atoms with Crippen molar-refractivity contribution in [1.82, 2.24) is 4.90 Å². The first-order chi connectivity index (χ1) is 10.5. The number of likely N-dealkylation sites (tertiary alicyclic amines) is 1. The standard InChI is InChI=1S/C17H27N3O2.2ClH/c1-13-7-8-20(12-13)9-10-22-16-5-3-15(4-6-16)19-17(21)11-14(2)18;;/h3-6,13-14H,7-12,18H2,1-2H3,(H,19,21);2*1H. The molecule has 1 saturated heterocycles. The van der Waals surface area contributed by atoms with E-state index in [1.165, 1.54) is 19.5 Å². The average molecular weight is 378 g/mol. The van der Waals surface area contributed by atoms with Crippen LogP contribution in [0.3, 0.4) is 0 Å². The van der Waals surface area contributed by atoms with Gasteiger partial charge in [0, 0.05) is 31.2 Å². The monoisotopic (exact) mass is 377 g/mol. The Kier molecular flexibility index (Phi) is 11.0. The molecule has 0 aromatic heterocycles. The van der Waals surface area contributed by atoms with Gasteiger partial charge in [0.2, 0.25) is 5.91 Å². The third-order valence-electron chi connectivity index (χ3n) is 3.83. The second kappa shape index (κ2) is 11.5. The van der Waals surface area contributed by atoms with Crippen molar-refractivity contribution in [2.24, 2.45) is 11.7 Å². The number of nitrogens with two attached hydrogens (primary N) is 1. The van der Waals surface area contributed by atoms with Gasteiger partial charge in [0.05, 0.1) is 0 Å². The lowest BCUT2D eigenvalue weighted by molar-refractivity contribution is -0.116. The molecule has 2 rings (SSSR count). The zero-order valence-electron chi connectivity index (χ0n) is 14.4. The largest absolute Gasteiger partial charge is 0.492 e.